The number of piperidine rings is 1. The van der Waals surface area contributed by atoms with Crippen molar-refractivity contribution in [1.29, 1.82) is 0 Å². The molecule has 0 unspecified atom stereocenters. The Morgan fingerprint density at radius 3 is 2.45 bits per heavy atom. The van der Waals surface area contributed by atoms with Crippen LogP contribution in [-0.2, 0) is 12.1 Å². The second kappa shape index (κ2) is 9.27. The third kappa shape index (κ3) is 5.94. The van der Waals surface area contributed by atoms with Gasteiger partial charge in [0.15, 0.2) is 0 Å². The fourth-order valence-corrected chi connectivity index (χ4v) is 3.98. The Morgan fingerprint density at radius 1 is 1.10 bits per heavy atom. The smallest absolute Gasteiger partial charge is 0.315 e. The first-order valence-electron chi connectivity index (χ1n) is 10.6. The van der Waals surface area contributed by atoms with E-state index in [1.165, 1.54) is 5.56 Å². The molecule has 0 bridgehead atoms. The van der Waals surface area contributed by atoms with Gasteiger partial charge in [0.1, 0.15) is 6.54 Å². The van der Waals surface area contributed by atoms with E-state index in [1.54, 1.807) is 4.90 Å². The van der Waals surface area contributed by atoms with Crippen LogP contribution in [0.1, 0.15) is 50.3 Å². The number of likely N-dealkylation sites (tertiary alicyclic amines) is 1. The number of benzene rings is 2. The van der Waals surface area contributed by atoms with Gasteiger partial charge in [-0.25, -0.2) is 4.79 Å². The van der Waals surface area contributed by atoms with Gasteiger partial charge in [-0.1, -0.05) is 60.7 Å². The van der Waals surface area contributed by atoms with Crippen LogP contribution in [-0.4, -0.2) is 25.2 Å². The molecule has 2 amide bonds. The van der Waals surface area contributed by atoms with Gasteiger partial charge in [0.05, 0.1) is 18.6 Å². The van der Waals surface area contributed by atoms with Gasteiger partial charge in [0.25, 0.3) is 0 Å². The molecule has 0 atom stereocenters. The van der Waals surface area contributed by atoms with Crippen molar-refractivity contribution in [3.63, 3.8) is 0 Å². The number of carbonyl (C=O) groups excluding carboxylic acids is 1. The Labute approximate surface area is 175 Å². The van der Waals surface area contributed by atoms with Crippen LogP contribution >= 0.6 is 0 Å². The van der Waals surface area contributed by atoms with Gasteiger partial charge in [0.2, 0.25) is 0 Å². The van der Waals surface area contributed by atoms with E-state index in [9.17, 15) is 4.79 Å². The van der Waals surface area contributed by atoms with E-state index in [0.717, 1.165) is 49.2 Å². The summed E-state index contributed by atoms with van der Waals surface area (Å²) in [5.41, 5.74) is 4.14. The van der Waals surface area contributed by atoms with Gasteiger partial charge in [-0.15, -0.1) is 0 Å². The second-order valence-corrected chi connectivity index (χ2v) is 8.77. The third-order valence-electron chi connectivity index (χ3n) is 5.83. The van der Waals surface area contributed by atoms with Crippen molar-refractivity contribution in [2.75, 3.05) is 13.1 Å². The summed E-state index contributed by atoms with van der Waals surface area (Å²) in [6, 6.07) is 19.0. The molecule has 3 N–H and O–H groups in total. The summed E-state index contributed by atoms with van der Waals surface area (Å²) in [6.45, 7) is 13.3. The number of allylic oxidation sites excluding steroid dienone is 1. The Bertz CT molecular complexity index is 836. The van der Waals surface area contributed by atoms with Crippen molar-refractivity contribution in [1.82, 2.24) is 10.6 Å². The number of quaternary nitrogens is 1. The van der Waals surface area contributed by atoms with Crippen molar-refractivity contribution < 1.29 is 9.69 Å². The Morgan fingerprint density at radius 2 is 1.79 bits per heavy atom. The molecule has 1 saturated heterocycles. The van der Waals surface area contributed by atoms with Gasteiger partial charge in [-0.05, 0) is 38.0 Å². The second-order valence-electron chi connectivity index (χ2n) is 8.77. The Hall–Kier alpha value is -2.59. The summed E-state index contributed by atoms with van der Waals surface area (Å²) in [5, 5.41) is 6.34. The van der Waals surface area contributed by atoms with Crippen molar-refractivity contribution in [2.45, 2.75) is 51.7 Å². The van der Waals surface area contributed by atoms with Crippen LogP contribution in [0.15, 0.2) is 61.2 Å². The van der Waals surface area contributed by atoms with Crippen molar-refractivity contribution in [2.24, 2.45) is 0 Å². The minimum absolute atomic E-state index is 0.0905. The number of hydrogen-bond acceptors (Lipinski definition) is 1. The van der Waals surface area contributed by atoms with Crippen molar-refractivity contribution >= 4 is 11.6 Å². The fourth-order valence-electron chi connectivity index (χ4n) is 3.98. The molecule has 4 nitrogen and oxygen atoms in total. The predicted octanol–water partition coefficient (Wildman–Crippen LogP) is 3.50. The van der Waals surface area contributed by atoms with E-state index in [1.807, 2.05) is 32.9 Å². The topological polar surface area (TPSA) is 45.6 Å². The highest BCUT2D eigenvalue weighted by Crippen LogP contribution is 2.23. The molecule has 1 aliphatic rings. The van der Waals surface area contributed by atoms with Gasteiger partial charge in [-0.2, -0.15) is 0 Å². The first-order chi connectivity index (χ1) is 13.8. The van der Waals surface area contributed by atoms with E-state index in [4.69, 9.17) is 0 Å². The highest BCUT2D eigenvalue weighted by atomic mass is 16.2. The molecule has 2 aromatic carbocycles. The standard InChI is InChI=1S/C25H33N3O/c1-19(2)21-11-8-12-22(17-21)25(3,4)27-24(29)26-23-13-15-28(16-14-23)18-20-9-6-5-7-10-20/h5-12,17,23H,1,13-16,18H2,2-4H3,(H2,26,27,29)/p+1. The molecule has 1 heterocycles. The minimum Gasteiger partial charge on any atom is -0.335 e. The first kappa shape index (κ1) is 21.1. The predicted molar refractivity (Wildman–Crippen MR) is 120 cm³/mol. The number of hydrogen-bond donors (Lipinski definition) is 3. The molecular formula is C25H34N3O+. The zero-order valence-corrected chi connectivity index (χ0v) is 17.9. The molecule has 0 aliphatic carbocycles. The maximum Gasteiger partial charge on any atom is 0.315 e. The van der Waals surface area contributed by atoms with Crippen LogP contribution in [0.5, 0.6) is 0 Å². The van der Waals surface area contributed by atoms with Crippen molar-refractivity contribution in [3.05, 3.63) is 77.9 Å². The average molecular weight is 393 g/mol. The molecule has 0 spiro atoms. The van der Waals surface area contributed by atoms with Crippen LogP contribution in [0.4, 0.5) is 4.79 Å². The van der Waals surface area contributed by atoms with E-state index in [0.29, 0.717) is 0 Å². The molecule has 3 rings (SSSR count). The van der Waals surface area contributed by atoms with Gasteiger partial charge in [0, 0.05) is 24.4 Å². The van der Waals surface area contributed by atoms with Crippen molar-refractivity contribution in [3.8, 4) is 0 Å². The van der Waals surface area contributed by atoms with Gasteiger partial charge < -0.3 is 15.5 Å². The zero-order chi connectivity index (χ0) is 20.9. The first-order valence-corrected chi connectivity index (χ1v) is 10.6. The van der Waals surface area contributed by atoms with Crippen LogP contribution in [0.3, 0.4) is 0 Å². The third-order valence-corrected chi connectivity index (χ3v) is 5.83. The highest BCUT2D eigenvalue weighted by molar-refractivity contribution is 5.75. The Balaban J connectivity index is 1.49. The molecular weight excluding hydrogens is 358 g/mol. The maximum absolute atomic E-state index is 12.6. The largest absolute Gasteiger partial charge is 0.335 e. The van der Waals surface area contributed by atoms with E-state index in [2.05, 4.69) is 59.7 Å². The lowest BCUT2D eigenvalue weighted by Gasteiger charge is -2.32. The molecule has 1 aliphatic heterocycles. The summed E-state index contributed by atoms with van der Waals surface area (Å²) in [6.07, 6.45) is 2.03. The number of rotatable bonds is 6. The number of amides is 2. The summed E-state index contributed by atoms with van der Waals surface area (Å²) in [5.74, 6) is 0. The Kier molecular flexibility index (Phi) is 6.75. The van der Waals surface area contributed by atoms with E-state index < -0.39 is 5.54 Å². The van der Waals surface area contributed by atoms with E-state index >= 15 is 0 Å². The molecule has 0 radical (unpaired) electrons. The fraction of sp³-hybridized carbons (Fsp3) is 0.400. The lowest BCUT2D eigenvalue weighted by atomic mass is 9.92. The number of urea groups is 1. The molecule has 4 heteroatoms. The molecule has 2 aromatic rings. The van der Waals surface area contributed by atoms with Crippen LogP contribution in [0.25, 0.3) is 5.57 Å². The molecule has 0 aromatic heterocycles. The van der Waals surface area contributed by atoms with Gasteiger partial charge >= 0.3 is 6.03 Å². The summed E-state index contributed by atoms with van der Waals surface area (Å²) in [4.78, 5) is 14.2. The summed E-state index contributed by atoms with van der Waals surface area (Å²) >= 11 is 0. The van der Waals surface area contributed by atoms with Crippen LogP contribution in [0.2, 0.25) is 0 Å². The monoisotopic (exact) mass is 392 g/mol. The number of carbonyl (C=O) groups is 1. The lowest BCUT2D eigenvalue weighted by Crippen LogP contribution is -3.12. The minimum atomic E-state index is -0.450. The molecule has 29 heavy (non-hydrogen) atoms. The normalized spacial score (nSPS) is 19.4. The molecule has 154 valence electrons. The lowest BCUT2D eigenvalue weighted by molar-refractivity contribution is -0.918. The SMILES string of the molecule is C=C(C)c1cccc(C(C)(C)NC(=O)NC2CC[NH+](Cc3ccccc3)CC2)c1. The molecule has 1 fully saturated rings. The van der Waals surface area contributed by atoms with Crippen LogP contribution in [0, 0.1) is 0 Å². The zero-order valence-electron chi connectivity index (χ0n) is 17.9. The highest BCUT2D eigenvalue weighted by Gasteiger charge is 2.27. The number of nitrogens with one attached hydrogen (secondary N) is 3. The average Bonchev–Trinajstić information content (AvgIpc) is 2.70. The van der Waals surface area contributed by atoms with Crippen LogP contribution < -0.4 is 15.5 Å². The summed E-state index contributed by atoms with van der Waals surface area (Å²) in [7, 11) is 0. The maximum atomic E-state index is 12.6. The van der Waals surface area contributed by atoms with Gasteiger partial charge in [-0.3, -0.25) is 0 Å². The molecule has 0 saturated carbocycles. The van der Waals surface area contributed by atoms with E-state index in [-0.39, 0.29) is 12.1 Å². The summed E-state index contributed by atoms with van der Waals surface area (Å²) < 4.78 is 0. The quantitative estimate of drug-likeness (QED) is 0.692.